The van der Waals surface area contributed by atoms with Crippen LogP contribution in [-0.4, -0.2) is 14.6 Å². The molecule has 0 bridgehead atoms. The molecule has 2 aromatic heterocycles. The molecular weight excluding hydrogens is 272 g/mol. The Morgan fingerprint density at radius 1 is 0.727 bits per heavy atom. The molecule has 106 valence electrons. The van der Waals surface area contributed by atoms with Crippen LogP contribution in [0.3, 0.4) is 0 Å². The first-order valence-electron chi connectivity index (χ1n) is 7.09. The fraction of sp³-hybridized carbons (Fsp3) is 0. The van der Waals surface area contributed by atoms with Gasteiger partial charge in [0.1, 0.15) is 5.69 Å². The molecule has 2 N–H and O–H groups in total. The molecule has 4 rings (SSSR count). The van der Waals surface area contributed by atoms with Gasteiger partial charge in [0.25, 0.3) is 0 Å². The minimum absolute atomic E-state index is 0.395. The van der Waals surface area contributed by atoms with Crippen molar-refractivity contribution < 1.29 is 0 Å². The van der Waals surface area contributed by atoms with Gasteiger partial charge in [-0.05, 0) is 12.1 Å². The van der Waals surface area contributed by atoms with Gasteiger partial charge in [-0.2, -0.15) is 9.61 Å². The van der Waals surface area contributed by atoms with Crippen molar-refractivity contribution in [2.45, 2.75) is 0 Å². The molecule has 0 unspecified atom stereocenters. The molecule has 0 fully saturated rings. The first-order valence-corrected chi connectivity index (χ1v) is 7.09. The number of hydrogen-bond acceptors (Lipinski definition) is 3. The summed E-state index contributed by atoms with van der Waals surface area (Å²) in [7, 11) is 0. The van der Waals surface area contributed by atoms with Crippen molar-refractivity contribution in [2.75, 3.05) is 5.73 Å². The van der Waals surface area contributed by atoms with E-state index in [4.69, 9.17) is 5.73 Å². The highest BCUT2D eigenvalue weighted by Gasteiger charge is 2.12. The second-order valence-corrected chi connectivity index (χ2v) is 5.07. The second kappa shape index (κ2) is 5.00. The molecule has 2 heterocycles. The van der Waals surface area contributed by atoms with E-state index >= 15 is 0 Å². The molecule has 0 spiro atoms. The number of nitrogens with two attached hydrogens (primary N) is 1. The van der Waals surface area contributed by atoms with Crippen LogP contribution < -0.4 is 5.73 Å². The number of hydrogen-bond donors (Lipinski definition) is 1. The van der Waals surface area contributed by atoms with Gasteiger partial charge in [0, 0.05) is 11.1 Å². The zero-order chi connectivity index (χ0) is 14.9. The quantitative estimate of drug-likeness (QED) is 0.612. The maximum Gasteiger partial charge on any atom is 0.222 e. The smallest absolute Gasteiger partial charge is 0.222 e. The summed E-state index contributed by atoms with van der Waals surface area (Å²) in [5.74, 6) is 0.395. The van der Waals surface area contributed by atoms with Crippen LogP contribution >= 0.6 is 0 Å². The Balaban J connectivity index is 1.91. The fourth-order valence-corrected chi connectivity index (χ4v) is 2.57. The summed E-state index contributed by atoms with van der Waals surface area (Å²) in [6.45, 7) is 0. The number of nitrogen functional groups attached to an aromatic ring is 1. The van der Waals surface area contributed by atoms with E-state index in [0.717, 1.165) is 28.0 Å². The highest BCUT2D eigenvalue weighted by molar-refractivity contribution is 5.79. The zero-order valence-electron chi connectivity index (χ0n) is 11.8. The Morgan fingerprint density at radius 2 is 1.36 bits per heavy atom. The lowest BCUT2D eigenvalue weighted by molar-refractivity contribution is 0.946. The molecular formula is C18H14N4. The maximum atomic E-state index is 6.05. The Morgan fingerprint density at radius 3 is 2.05 bits per heavy atom. The summed E-state index contributed by atoms with van der Waals surface area (Å²) in [6, 6.07) is 24.0. The van der Waals surface area contributed by atoms with E-state index in [9.17, 15) is 0 Å². The van der Waals surface area contributed by atoms with Crippen LogP contribution in [0.4, 0.5) is 5.95 Å². The zero-order valence-corrected chi connectivity index (χ0v) is 11.8. The monoisotopic (exact) mass is 286 g/mol. The molecule has 0 atom stereocenters. The minimum Gasteiger partial charge on any atom is -0.368 e. The number of imidazole rings is 1. The number of aromatic nitrogens is 3. The maximum absolute atomic E-state index is 6.05. The van der Waals surface area contributed by atoms with Gasteiger partial charge in [0.15, 0.2) is 0 Å². The van der Waals surface area contributed by atoms with Gasteiger partial charge in [-0.15, -0.1) is 0 Å². The molecule has 22 heavy (non-hydrogen) atoms. The molecule has 0 saturated carbocycles. The number of rotatable bonds is 2. The fourth-order valence-electron chi connectivity index (χ4n) is 2.57. The van der Waals surface area contributed by atoms with Gasteiger partial charge in [0.05, 0.1) is 11.2 Å². The third-order valence-electron chi connectivity index (χ3n) is 3.64. The molecule has 0 aliphatic rings. The highest BCUT2D eigenvalue weighted by atomic mass is 15.3. The van der Waals surface area contributed by atoms with Crippen LogP contribution in [0.1, 0.15) is 0 Å². The second-order valence-electron chi connectivity index (χ2n) is 5.07. The summed E-state index contributed by atoms with van der Waals surface area (Å²) in [5, 5.41) is 4.62. The van der Waals surface area contributed by atoms with Crippen LogP contribution in [0.5, 0.6) is 0 Å². The lowest BCUT2D eigenvalue weighted by atomic mass is 10.1. The van der Waals surface area contributed by atoms with Gasteiger partial charge in [-0.3, -0.25) is 0 Å². The largest absolute Gasteiger partial charge is 0.368 e. The Kier molecular flexibility index (Phi) is 2.86. The Labute approximate surface area is 127 Å². The molecule has 0 aliphatic heterocycles. The van der Waals surface area contributed by atoms with Crippen LogP contribution in [0, 0.1) is 0 Å². The van der Waals surface area contributed by atoms with Crippen molar-refractivity contribution in [2.24, 2.45) is 0 Å². The Bertz CT molecular complexity index is 927. The van der Waals surface area contributed by atoms with Crippen molar-refractivity contribution in [1.29, 1.82) is 0 Å². The average Bonchev–Trinajstić information content (AvgIpc) is 2.93. The van der Waals surface area contributed by atoms with Crippen LogP contribution in [-0.2, 0) is 0 Å². The van der Waals surface area contributed by atoms with Gasteiger partial charge in [0.2, 0.25) is 5.95 Å². The summed E-state index contributed by atoms with van der Waals surface area (Å²) in [5.41, 5.74) is 10.8. The first-order chi connectivity index (χ1) is 10.8. The molecule has 0 saturated heterocycles. The van der Waals surface area contributed by atoms with E-state index in [1.165, 1.54) is 0 Å². The lowest BCUT2D eigenvalue weighted by Crippen LogP contribution is -1.99. The van der Waals surface area contributed by atoms with E-state index < -0.39 is 0 Å². The molecule has 4 nitrogen and oxygen atoms in total. The summed E-state index contributed by atoms with van der Waals surface area (Å²) < 4.78 is 1.70. The standard InChI is InChI=1S/C18H14N4/c19-18-20-17(14-9-5-2-6-10-14)16-12-11-15(21-22(16)18)13-7-3-1-4-8-13/h1-12H,(H2,19,20). The number of fused-ring (bicyclic) bond motifs is 1. The van der Waals surface area contributed by atoms with Crippen LogP contribution in [0.15, 0.2) is 72.8 Å². The van der Waals surface area contributed by atoms with Gasteiger partial charge >= 0.3 is 0 Å². The number of nitrogens with zero attached hydrogens (tertiary/aromatic N) is 3. The van der Waals surface area contributed by atoms with E-state index in [1.807, 2.05) is 72.8 Å². The molecule has 2 aromatic carbocycles. The van der Waals surface area contributed by atoms with E-state index in [2.05, 4.69) is 10.1 Å². The molecule has 4 heteroatoms. The van der Waals surface area contributed by atoms with Crippen LogP contribution in [0.2, 0.25) is 0 Å². The van der Waals surface area contributed by atoms with Crippen molar-refractivity contribution >= 4 is 11.5 Å². The van der Waals surface area contributed by atoms with E-state index in [1.54, 1.807) is 4.52 Å². The summed E-state index contributed by atoms with van der Waals surface area (Å²) >= 11 is 0. The SMILES string of the molecule is Nc1nc(-c2ccccc2)c2ccc(-c3ccccc3)nn12. The average molecular weight is 286 g/mol. The predicted octanol–water partition coefficient (Wildman–Crippen LogP) is 3.65. The third kappa shape index (κ3) is 2.02. The lowest BCUT2D eigenvalue weighted by Gasteiger charge is -2.03. The highest BCUT2D eigenvalue weighted by Crippen LogP contribution is 2.27. The van der Waals surface area contributed by atoms with Crippen molar-refractivity contribution in [1.82, 2.24) is 14.6 Å². The number of benzene rings is 2. The van der Waals surface area contributed by atoms with Gasteiger partial charge in [-0.1, -0.05) is 60.7 Å². The van der Waals surface area contributed by atoms with E-state index in [0.29, 0.717) is 5.95 Å². The summed E-state index contributed by atoms with van der Waals surface area (Å²) in [4.78, 5) is 4.47. The van der Waals surface area contributed by atoms with Crippen molar-refractivity contribution in [3.8, 4) is 22.5 Å². The summed E-state index contributed by atoms with van der Waals surface area (Å²) in [6.07, 6.45) is 0. The molecule has 4 aromatic rings. The van der Waals surface area contributed by atoms with Crippen LogP contribution in [0.25, 0.3) is 28.0 Å². The number of anilines is 1. The van der Waals surface area contributed by atoms with Crippen molar-refractivity contribution in [3.63, 3.8) is 0 Å². The molecule has 0 radical (unpaired) electrons. The normalized spacial score (nSPS) is 10.9. The van der Waals surface area contributed by atoms with Gasteiger partial charge < -0.3 is 5.73 Å². The molecule has 0 amide bonds. The van der Waals surface area contributed by atoms with E-state index in [-0.39, 0.29) is 0 Å². The Hall–Kier alpha value is -3.14. The van der Waals surface area contributed by atoms with Gasteiger partial charge in [-0.25, -0.2) is 4.98 Å². The first kappa shape index (κ1) is 12.6. The third-order valence-corrected chi connectivity index (χ3v) is 3.64. The minimum atomic E-state index is 0.395. The topological polar surface area (TPSA) is 56.2 Å². The van der Waals surface area contributed by atoms with Crippen molar-refractivity contribution in [3.05, 3.63) is 72.8 Å². The predicted molar refractivity (Wildman–Crippen MR) is 88.3 cm³/mol. The molecule has 0 aliphatic carbocycles.